The summed E-state index contributed by atoms with van der Waals surface area (Å²) < 4.78 is 5.65. The van der Waals surface area contributed by atoms with Crippen LogP contribution in [-0.4, -0.2) is 46.7 Å². The molecule has 1 aromatic carbocycles. The molecule has 2 fully saturated rings. The summed E-state index contributed by atoms with van der Waals surface area (Å²) in [6, 6.07) is 11.6. The van der Waals surface area contributed by atoms with E-state index in [4.69, 9.17) is 4.74 Å². The Kier molecular flexibility index (Phi) is 5.67. The fourth-order valence-electron chi connectivity index (χ4n) is 3.62. The lowest BCUT2D eigenvalue weighted by Gasteiger charge is -2.39. The second kappa shape index (κ2) is 7.77. The first-order chi connectivity index (χ1) is 11.9. The van der Waals surface area contributed by atoms with Crippen LogP contribution in [-0.2, 0) is 11.3 Å². The van der Waals surface area contributed by atoms with Gasteiger partial charge >= 0.3 is 6.09 Å². The van der Waals surface area contributed by atoms with Crippen molar-refractivity contribution in [2.45, 2.75) is 77.1 Å². The fourth-order valence-corrected chi connectivity index (χ4v) is 3.62. The number of ether oxygens (including phenoxy) is 1. The zero-order valence-electron chi connectivity index (χ0n) is 15.9. The molecule has 2 aliphatic rings. The predicted octanol–water partition coefficient (Wildman–Crippen LogP) is 4.44. The van der Waals surface area contributed by atoms with Crippen LogP contribution in [0.3, 0.4) is 0 Å². The molecule has 1 saturated carbocycles. The molecule has 1 aromatic rings. The molecule has 0 spiro atoms. The third kappa shape index (κ3) is 5.46. The second-order valence-corrected chi connectivity index (χ2v) is 8.47. The van der Waals surface area contributed by atoms with Crippen molar-refractivity contribution in [3.8, 4) is 0 Å². The van der Waals surface area contributed by atoms with Crippen LogP contribution in [0, 0.1) is 0 Å². The molecule has 0 bridgehead atoms. The molecule has 4 heteroatoms. The van der Waals surface area contributed by atoms with E-state index in [-0.39, 0.29) is 12.1 Å². The molecule has 1 aliphatic carbocycles. The Balaban J connectivity index is 1.65. The van der Waals surface area contributed by atoms with Crippen LogP contribution in [0.5, 0.6) is 0 Å². The normalized spacial score (nSPS) is 21.4. The molecule has 138 valence electrons. The van der Waals surface area contributed by atoms with Gasteiger partial charge in [0, 0.05) is 31.7 Å². The highest BCUT2D eigenvalue weighted by Gasteiger charge is 2.35. The number of benzene rings is 1. The topological polar surface area (TPSA) is 32.8 Å². The number of carbonyl (C=O) groups excluding carboxylic acids is 1. The fraction of sp³-hybridized carbons (Fsp3) is 0.667. The van der Waals surface area contributed by atoms with Crippen LogP contribution >= 0.6 is 0 Å². The van der Waals surface area contributed by atoms with E-state index in [1.54, 1.807) is 0 Å². The number of nitrogens with zero attached hydrogens (tertiary/aromatic N) is 2. The number of hydrogen-bond acceptors (Lipinski definition) is 3. The van der Waals surface area contributed by atoms with Crippen molar-refractivity contribution >= 4 is 6.09 Å². The summed E-state index contributed by atoms with van der Waals surface area (Å²) in [5, 5.41) is 0. The van der Waals surface area contributed by atoms with E-state index < -0.39 is 5.60 Å². The largest absolute Gasteiger partial charge is 0.444 e. The van der Waals surface area contributed by atoms with Gasteiger partial charge in [-0.15, -0.1) is 0 Å². The van der Waals surface area contributed by atoms with Crippen molar-refractivity contribution in [3.63, 3.8) is 0 Å². The standard InChI is InChI=1S/C21H32N2O2/c1-21(2,3)25-20(24)23-14-8-7-11-19(23)16-22(18-12-13-18)15-17-9-5-4-6-10-17/h4-6,9-10,18-19H,7-8,11-16H2,1-3H3. The highest BCUT2D eigenvalue weighted by atomic mass is 16.6. The van der Waals surface area contributed by atoms with E-state index >= 15 is 0 Å². The zero-order valence-corrected chi connectivity index (χ0v) is 15.9. The van der Waals surface area contributed by atoms with Crippen LogP contribution in [0.15, 0.2) is 30.3 Å². The van der Waals surface area contributed by atoms with Gasteiger partial charge in [0.05, 0.1) is 0 Å². The van der Waals surface area contributed by atoms with Crippen molar-refractivity contribution in [3.05, 3.63) is 35.9 Å². The molecule has 1 saturated heterocycles. The maximum atomic E-state index is 12.6. The Morgan fingerprint density at radius 3 is 2.52 bits per heavy atom. The van der Waals surface area contributed by atoms with E-state index in [2.05, 4.69) is 35.2 Å². The first-order valence-corrected chi connectivity index (χ1v) is 9.70. The molecule has 1 heterocycles. The molecule has 1 unspecified atom stereocenters. The van der Waals surface area contributed by atoms with Crippen LogP contribution in [0.1, 0.15) is 58.4 Å². The monoisotopic (exact) mass is 344 g/mol. The Labute approximate surface area is 152 Å². The van der Waals surface area contributed by atoms with Crippen molar-refractivity contribution in [1.82, 2.24) is 9.80 Å². The van der Waals surface area contributed by atoms with E-state index in [1.165, 1.54) is 24.8 Å². The van der Waals surface area contributed by atoms with Gasteiger partial charge in [-0.05, 0) is 58.4 Å². The van der Waals surface area contributed by atoms with E-state index in [9.17, 15) is 4.79 Å². The minimum Gasteiger partial charge on any atom is -0.444 e. The molecule has 0 aromatic heterocycles. The van der Waals surface area contributed by atoms with Crippen LogP contribution in [0.4, 0.5) is 4.79 Å². The molecular weight excluding hydrogens is 312 g/mol. The number of carbonyl (C=O) groups is 1. The van der Waals surface area contributed by atoms with Gasteiger partial charge in [0.2, 0.25) is 0 Å². The minimum atomic E-state index is -0.431. The van der Waals surface area contributed by atoms with E-state index in [0.717, 1.165) is 32.5 Å². The SMILES string of the molecule is CC(C)(C)OC(=O)N1CCCCC1CN(Cc1ccccc1)C1CC1. The van der Waals surface area contributed by atoms with Crippen LogP contribution in [0.25, 0.3) is 0 Å². The lowest BCUT2D eigenvalue weighted by atomic mass is 10.0. The first-order valence-electron chi connectivity index (χ1n) is 9.70. The molecule has 1 aliphatic heterocycles. The van der Waals surface area contributed by atoms with Crippen molar-refractivity contribution < 1.29 is 9.53 Å². The third-order valence-electron chi connectivity index (χ3n) is 4.99. The Morgan fingerprint density at radius 2 is 1.88 bits per heavy atom. The number of likely N-dealkylation sites (tertiary alicyclic amines) is 1. The lowest BCUT2D eigenvalue weighted by molar-refractivity contribution is 0.00421. The van der Waals surface area contributed by atoms with Gasteiger partial charge in [0.15, 0.2) is 0 Å². The van der Waals surface area contributed by atoms with Gasteiger partial charge in [-0.2, -0.15) is 0 Å². The highest BCUT2D eigenvalue weighted by Crippen LogP contribution is 2.30. The summed E-state index contributed by atoms with van der Waals surface area (Å²) in [6.45, 7) is 8.58. The predicted molar refractivity (Wildman–Crippen MR) is 100 cm³/mol. The van der Waals surface area contributed by atoms with Crippen molar-refractivity contribution in [1.29, 1.82) is 0 Å². The molecule has 0 radical (unpaired) electrons. The summed E-state index contributed by atoms with van der Waals surface area (Å²) in [6.07, 6.45) is 5.79. The quantitative estimate of drug-likeness (QED) is 0.791. The molecule has 0 N–H and O–H groups in total. The average molecular weight is 344 g/mol. The molecule has 25 heavy (non-hydrogen) atoms. The lowest BCUT2D eigenvalue weighted by Crippen LogP contribution is -2.51. The third-order valence-corrected chi connectivity index (χ3v) is 4.99. The van der Waals surface area contributed by atoms with E-state index in [0.29, 0.717) is 6.04 Å². The molecule has 4 nitrogen and oxygen atoms in total. The van der Waals surface area contributed by atoms with Crippen LogP contribution in [0.2, 0.25) is 0 Å². The van der Waals surface area contributed by atoms with Crippen LogP contribution < -0.4 is 0 Å². The smallest absolute Gasteiger partial charge is 0.410 e. The van der Waals surface area contributed by atoms with Gasteiger partial charge in [0.1, 0.15) is 5.60 Å². The number of hydrogen-bond donors (Lipinski definition) is 0. The number of rotatable bonds is 5. The first kappa shape index (κ1) is 18.2. The Morgan fingerprint density at radius 1 is 1.16 bits per heavy atom. The Bertz CT molecular complexity index is 563. The molecule has 1 amide bonds. The summed E-state index contributed by atoms with van der Waals surface area (Å²) in [7, 11) is 0. The Hall–Kier alpha value is -1.55. The highest BCUT2D eigenvalue weighted by molar-refractivity contribution is 5.68. The summed E-state index contributed by atoms with van der Waals surface area (Å²) >= 11 is 0. The second-order valence-electron chi connectivity index (χ2n) is 8.47. The van der Waals surface area contributed by atoms with Gasteiger partial charge in [-0.3, -0.25) is 4.90 Å². The minimum absolute atomic E-state index is 0.146. The number of piperidine rings is 1. The maximum Gasteiger partial charge on any atom is 0.410 e. The summed E-state index contributed by atoms with van der Waals surface area (Å²) in [5.41, 5.74) is 0.924. The van der Waals surface area contributed by atoms with Crippen molar-refractivity contribution in [2.75, 3.05) is 13.1 Å². The average Bonchev–Trinajstić information content (AvgIpc) is 3.39. The number of amides is 1. The van der Waals surface area contributed by atoms with Gasteiger partial charge < -0.3 is 9.64 Å². The molecule has 3 rings (SSSR count). The zero-order chi connectivity index (χ0) is 17.9. The van der Waals surface area contributed by atoms with Crippen molar-refractivity contribution in [2.24, 2.45) is 0 Å². The summed E-state index contributed by atoms with van der Waals surface area (Å²) in [4.78, 5) is 17.2. The van der Waals surface area contributed by atoms with Gasteiger partial charge in [0.25, 0.3) is 0 Å². The molecular formula is C21H32N2O2. The van der Waals surface area contributed by atoms with Gasteiger partial charge in [-0.1, -0.05) is 30.3 Å². The van der Waals surface area contributed by atoms with Gasteiger partial charge in [-0.25, -0.2) is 4.79 Å². The van der Waals surface area contributed by atoms with E-state index in [1.807, 2.05) is 25.7 Å². The molecule has 1 atom stereocenters. The summed E-state index contributed by atoms with van der Waals surface area (Å²) in [5.74, 6) is 0. The maximum absolute atomic E-state index is 12.6.